The van der Waals surface area contributed by atoms with E-state index in [0.29, 0.717) is 6.42 Å². The van der Waals surface area contributed by atoms with E-state index in [2.05, 4.69) is 34.1 Å². The molecular formula is C21H26N3O+. The number of nitrogens with one attached hydrogen (secondary N) is 1. The second-order valence-electron chi connectivity index (χ2n) is 7.10. The van der Waals surface area contributed by atoms with Gasteiger partial charge in [0.25, 0.3) is 5.82 Å². The quantitative estimate of drug-likeness (QED) is 0.862. The van der Waals surface area contributed by atoms with Crippen molar-refractivity contribution in [1.82, 2.24) is 4.90 Å². The minimum absolute atomic E-state index is 0.257. The summed E-state index contributed by atoms with van der Waals surface area (Å²) >= 11 is 0. The summed E-state index contributed by atoms with van der Waals surface area (Å²) in [6.07, 6.45) is 7.43. The number of piperazine rings is 1. The fourth-order valence-electron chi connectivity index (χ4n) is 3.96. The summed E-state index contributed by atoms with van der Waals surface area (Å²) in [7, 11) is 0. The van der Waals surface area contributed by atoms with Crippen molar-refractivity contribution in [2.75, 3.05) is 31.1 Å². The molecule has 2 aromatic rings. The van der Waals surface area contributed by atoms with Gasteiger partial charge in [-0.15, -0.1) is 0 Å². The standard InChI is InChI=1S/C21H25N3O/c25-21(16-17-8-9-18-5-1-2-6-19(18)15-17)24-13-11-23(12-14-24)20-7-3-4-10-22-20/h3-4,7-10,15H,1-2,5-6,11-14,16H2/p+1. The van der Waals surface area contributed by atoms with Crippen molar-refractivity contribution in [3.63, 3.8) is 0 Å². The topological polar surface area (TPSA) is 37.7 Å². The van der Waals surface area contributed by atoms with Gasteiger partial charge in [0.05, 0.1) is 25.7 Å². The summed E-state index contributed by atoms with van der Waals surface area (Å²) in [5, 5.41) is 0. The number of amides is 1. The molecule has 0 atom stereocenters. The molecule has 0 saturated carbocycles. The van der Waals surface area contributed by atoms with Crippen LogP contribution in [-0.2, 0) is 24.1 Å². The van der Waals surface area contributed by atoms with E-state index in [4.69, 9.17) is 0 Å². The fourth-order valence-corrected chi connectivity index (χ4v) is 3.96. The van der Waals surface area contributed by atoms with Crippen molar-refractivity contribution in [1.29, 1.82) is 0 Å². The Morgan fingerprint density at radius 2 is 1.76 bits per heavy atom. The summed E-state index contributed by atoms with van der Waals surface area (Å²) < 4.78 is 0. The van der Waals surface area contributed by atoms with Gasteiger partial charge in [-0.2, -0.15) is 0 Å². The van der Waals surface area contributed by atoms with Crippen molar-refractivity contribution < 1.29 is 9.78 Å². The summed E-state index contributed by atoms with van der Waals surface area (Å²) in [4.78, 5) is 20.3. The van der Waals surface area contributed by atoms with E-state index in [1.54, 1.807) is 0 Å². The lowest BCUT2D eigenvalue weighted by molar-refractivity contribution is -0.364. The molecule has 4 nitrogen and oxygen atoms in total. The monoisotopic (exact) mass is 336 g/mol. The molecule has 1 saturated heterocycles. The zero-order chi connectivity index (χ0) is 17.1. The Morgan fingerprint density at radius 3 is 2.52 bits per heavy atom. The van der Waals surface area contributed by atoms with Gasteiger partial charge in [-0.3, -0.25) is 9.69 Å². The van der Waals surface area contributed by atoms with Gasteiger partial charge in [-0.1, -0.05) is 24.3 Å². The molecule has 1 N–H and O–H groups in total. The third-order valence-electron chi connectivity index (χ3n) is 5.43. The van der Waals surface area contributed by atoms with Gasteiger partial charge in [-0.25, -0.2) is 4.98 Å². The molecule has 1 amide bonds. The number of benzene rings is 1. The molecule has 1 aromatic carbocycles. The van der Waals surface area contributed by atoms with Crippen molar-refractivity contribution in [2.24, 2.45) is 0 Å². The lowest BCUT2D eigenvalue weighted by Gasteiger charge is -2.31. The van der Waals surface area contributed by atoms with E-state index < -0.39 is 0 Å². The molecule has 0 unspecified atom stereocenters. The number of pyridine rings is 1. The first-order chi connectivity index (χ1) is 12.3. The van der Waals surface area contributed by atoms with Crippen molar-refractivity contribution in [2.45, 2.75) is 32.1 Å². The largest absolute Gasteiger partial charge is 0.335 e. The SMILES string of the molecule is O=C(Cc1ccc2c(c1)CCCC2)N1CCN(c2cccc[nH+]2)CC1. The van der Waals surface area contributed by atoms with Crippen LogP contribution >= 0.6 is 0 Å². The summed E-state index contributed by atoms with van der Waals surface area (Å²) in [5.41, 5.74) is 4.11. The molecule has 0 bridgehead atoms. The number of hydrogen-bond donors (Lipinski definition) is 0. The zero-order valence-electron chi connectivity index (χ0n) is 14.7. The molecule has 0 spiro atoms. The number of carbonyl (C=O) groups is 1. The number of nitrogens with zero attached hydrogens (tertiary/aromatic N) is 2. The van der Waals surface area contributed by atoms with Crippen LogP contribution in [0.5, 0.6) is 0 Å². The molecule has 4 rings (SSSR count). The molecule has 130 valence electrons. The molecule has 25 heavy (non-hydrogen) atoms. The minimum Gasteiger partial charge on any atom is -0.335 e. The Labute approximate surface area is 149 Å². The van der Waals surface area contributed by atoms with Crippen LogP contribution < -0.4 is 9.88 Å². The van der Waals surface area contributed by atoms with Crippen LogP contribution in [0.2, 0.25) is 0 Å². The van der Waals surface area contributed by atoms with Gasteiger partial charge in [0.15, 0.2) is 0 Å². The maximum atomic E-state index is 12.7. The minimum atomic E-state index is 0.257. The highest BCUT2D eigenvalue weighted by molar-refractivity contribution is 5.79. The fraction of sp³-hybridized carbons (Fsp3) is 0.429. The number of rotatable bonds is 3. The van der Waals surface area contributed by atoms with E-state index in [1.807, 2.05) is 23.2 Å². The first kappa shape index (κ1) is 16.1. The second-order valence-corrected chi connectivity index (χ2v) is 7.10. The van der Waals surface area contributed by atoms with Crippen LogP contribution in [-0.4, -0.2) is 37.0 Å². The number of hydrogen-bond acceptors (Lipinski definition) is 2. The number of H-pyrrole nitrogens is 1. The number of carbonyl (C=O) groups excluding carboxylic acids is 1. The molecule has 2 aliphatic rings. The normalized spacial score (nSPS) is 17.3. The van der Waals surface area contributed by atoms with Crippen molar-refractivity contribution in [3.05, 3.63) is 59.3 Å². The number of aromatic amines is 1. The first-order valence-corrected chi connectivity index (χ1v) is 9.40. The smallest absolute Gasteiger partial charge is 0.274 e. The molecule has 1 aliphatic carbocycles. The van der Waals surface area contributed by atoms with Crippen LogP contribution in [0, 0.1) is 0 Å². The van der Waals surface area contributed by atoms with Gasteiger partial charge in [0.2, 0.25) is 5.91 Å². The Morgan fingerprint density at radius 1 is 0.960 bits per heavy atom. The number of anilines is 1. The highest BCUT2D eigenvalue weighted by Gasteiger charge is 2.26. The average molecular weight is 336 g/mol. The van der Waals surface area contributed by atoms with Crippen LogP contribution in [0.4, 0.5) is 5.82 Å². The molecule has 0 radical (unpaired) electrons. The van der Waals surface area contributed by atoms with Crippen LogP contribution in [0.3, 0.4) is 0 Å². The number of aryl methyl sites for hydroxylation is 2. The van der Waals surface area contributed by atoms with E-state index in [9.17, 15) is 4.79 Å². The lowest BCUT2D eigenvalue weighted by Crippen LogP contribution is -2.50. The molecule has 1 aliphatic heterocycles. The average Bonchev–Trinajstić information content (AvgIpc) is 2.69. The summed E-state index contributed by atoms with van der Waals surface area (Å²) in [6.45, 7) is 3.37. The van der Waals surface area contributed by atoms with Crippen molar-refractivity contribution >= 4 is 11.7 Å². The Kier molecular flexibility index (Phi) is 4.68. The zero-order valence-corrected chi connectivity index (χ0v) is 14.7. The van der Waals surface area contributed by atoms with Crippen LogP contribution in [0.15, 0.2) is 42.6 Å². The molecule has 4 heteroatoms. The first-order valence-electron chi connectivity index (χ1n) is 9.40. The molecule has 2 heterocycles. The maximum absolute atomic E-state index is 12.7. The molecule has 1 aromatic heterocycles. The molecule has 1 fully saturated rings. The van der Waals surface area contributed by atoms with Crippen molar-refractivity contribution in [3.8, 4) is 0 Å². The number of aromatic nitrogens is 1. The van der Waals surface area contributed by atoms with E-state index in [-0.39, 0.29) is 5.91 Å². The maximum Gasteiger partial charge on any atom is 0.274 e. The van der Waals surface area contributed by atoms with Gasteiger partial charge in [-0.05, 0) is 48.4 Å². The lowest BCUT2D eigenvalue weighted by atomic mass is 9.90. The highest BCUT2D eigenvalue weighted by atomic mass is 16.2. The third kappa shape index (κ3) is 3.68. The van der Waals surface area contributed by atoms with E-state index in [0.717, 1.165) is 32.0 Å². The highest BCUT2D eigenvalue weighted by Crippen LogP contribution is 2.22. The third-order valence-corrected chi connectivity index (χ3v) is 5.43. The molecular weight excluding hydrogens is 310 g/mol. The Balaban J connectivity index is 1.35. The summed E-state index contributed by atoms with van der Waals surface area (Å²) in [5.74, 6) is 1.39. The number of fused-ring (bicyclic) bond motifs is 1. The Hall–Kier alpha value is -2.36. The van der Waals surface area contributed by atoms with Crippen LogP contribution in [0.1, 0.15) is 29.5 Å². The Bertz CT molecular complexity index is 736. The van der Waals surface area contributed by atoms with E-state index >= 15 is 0 Å². The van der Waals surface area contributed by atoms with Gasteiger partial charge < -0.3 is 4.90 Å². The van der Waals surface area contributed by atoms with Gasteiger partial charge in [0, 0.05) is 6.07 Å². The van der Waals surface area contributed by atoms with E-state index in [1.165, 1.54) is 42.4 Å². The second kappa shape index (κ2) is 7.26. The summed E-state index contributed by atoms with van der Waals surface area (Å²) in [6, 6.07) is 12.8. The van der Waals surface area contributed by atoms with Crippen LogP contribution in [0.25, 0.3) is 0 Å². The predicted molar refractivity (Wildman–Crippen MR) is 98.6 cm³/mol. The van der Waals surface area contributed by atoms with Gasteiger partial charge >= 0.3 is 0 Å². The predicted octanol–water partition coefficient (Wildman–Crippen LogP) is 2.27. The van der Waals surface area contributed by atoms with Gasteiger partial charge in [0.1, 0.15) is 13.1 Å².